The van der Waals surface area contributed by atoms with Gasteiger partial charge in [-0.25, -0.2) is 19.4 Å². The molecule has 6 nitrogen and oxygen atoms in total. The number of hydrogen-bond donors (Lipinski definition) is 1. The van der Waals surface area contributed by atoms with Crippen LogP contribution in [0, 0.1) is 0 Å². The van der Waals surface area contributed by atoms with Gasteiger partial charge in [-0.2, -0.15) is 0 Å². The van der Waals surface area contributed by atoms with Crippen LogP contribution in [0.2, 0.25) is 0 Å². The molecular formula is C5H7NO5. The first-order valence-electron chi connectivity index (χ1n) is 2.71. The molecule has 2 N–H and O–H groups in total. The number of carbonyl (C=O) groups is 3. The van der Waals surface area contributed by atoms with Crippen molar-refractivity contribution in [3.8, 4) is 0 Å². The maximum atomic E-state index is 10.4. The third-order valence-electron chi connectivity index (χ3n) is 0.674. The van der Waals surface area contributed by atoms with Gasteiger partial charge in [0.15, 0.2) is 0 Å². The predicted octanol–water partition coefficient (Wildman–Crippen LogP) is -1.47. The minimum Gasteiger partial charge on any atom is -0.319 e. The largest absolute Gasteiger partial charge is 0.418 e. The summed E-state index contributed by atoms with van der Waals surface area (Å²) in [5.74, 6) is -2.20. The third-order valence-corrected chi connectivity index (χ3v) is 0.674. The highest BCUT2D eigenvalue weighted by molar-refractivity contribution is 6.20. The Morgan fingerprint density at radius 1 is 1.45 bits per heavy atom. The first-order chi connectivity index (χ1) is 5.07. The molecule has 0 saturated carbocycles. The van der Waals surface area contributed by atoms with Crippen LogP contribution in [-0.2, 0) is 24.2 Å². The van der Waals surface area contributed by atoms with Crippen molar-refractivity contribution >= 4 is 18.2 Å². The summed E-state index contributed by atoms with van der Waals surface area (Å²) >= 11 is 0. The lowest BCUT2D eigenvalue weighted by Gasteiger charge is -2.01. The number of carbonyl (C=O) groups excluding carboxylic acids is 3. The van der Waals surface area contributed by atoms with Crippen LogP contribution in [0.1, 0.15) is 6.92 Å². The van der Waals surface area contributed by atoms with Crippen LogP contribution >= 0.6 is 0 Å². The van der Waals surface area contributed by atoms with Crippen LogP contribution in [0.25, 0.3) is 0 Å². The molecule has 0 radical (unpaired) electrons. The molecule has 0 rings (SSSR count). The fourth-order valence-electron chi connectivity index (χ4n) is 0.178. The Hall–Kier alpha value is -1.43. The highest BCUT2D eigenvalue weighted by Gasteiger charge is 2.12. The highest BCUT2D eigenvalue weighted by Crippen LogP contribution is 1.84. The molecule has 0 aliphatic rings. The molecule has 1 atom stereocenters. The maximum absolute atomic E-state index is 10.4. The van der Waals surface area contributed by atoms with Gasteiger partial charge in [0, 0.05) is 0 Å². The quantitative estimate of drug-likeness (QED) is 0.230. The van der Waals surface area contributed by atoms with Gasteiger partial charge in [-0.15, -0.1) is 0 Å². The molecule has 0 bridgehead atoms. The molecule has 0 aliphatic heterocycles. The van der Waals surface area contributed by atoms with Gasteiger partial charge < -0.3 is 5.73 Å². The number of hydrogen-bond acceptors (Lipinski definition) is 6. The average molecular weight is 161 g/mol. The average Bonchev–Trinajstić information content (AvgIpc) is 1.99. The first-order valence-corrected chi connectivity index (χ1v) is 2.71. The molecular weight excluding hydrogens is 154 g/mol. The lowest BCUT2D eigenvalue weighted by atomic mass is 10.4. The number of aldehydes is 1. The van der Waals surface area contributed by atoms with Crippen LogP contribution in [0.3, 0.4) is 0 Å². The molecule has 0 aromatic heterocycles. The SMILES string of the molecule is C[C@H](N)C(=O)OOC(=O)C=O. The van der Waals surface area contributed by atoms with E-state index in [1.165, 1.54) is 6.92 Å². The van der Waals surface area contributed by atoms with E-state index in [0.717, 1.165) is 0 Å². The van der Waals surface area contributed by atoms with Crippen LogP contribution in [-0.4, -0.2) is 24.3 Å². The summed E-state index contributed by atoms with van der Waals surface area (Å²) in [4.78, 5) is 37.5. The van der Waals surface area contributed by atoms with Crippen molar-refractivity contribution in [1.29, 1.82) is 0 Å². The highest BCUT2D eigenvalue weighted by atomic mass is 17.2. The molecule has 0 unspecified atom stereocenters. The summed E-state index contributed by atoms with van der Waals surface area (Å²) in [6.07, 6.45) is -0.130. The zero-order valence-corrected chi connectivity index (χ0v) is 5.77. The molecule has 0 saturated heterocycles. The monoisotopic (exact) mass is 161 g/mol. The van der Waals surface area contributed by atoms with Crippen molar-refractivity contribution in [2.24, 2.45) is 5.73 Å². The van der Waals surface area contributed by atoms with E-state index < -0.39 is 18.0 Å². The van der Waals surface area contributed by atoms with Crippen molar-refractivity contribution in [1.82, 2.24) is 0 Å². The third kappa shape index (κ3) is 4.04. The van der Waals surface area contributed by atoms with Crippen LogP contribution in [0.5, 0.6) is 0 Å². The predicted molar refractivity (Wildman–Crippen MR) is 31.9 cm³/mol. The summed E-state index contributed by atoms with van der Waals surface area (Å²) in [6.45, 7) is 1.34. The van der Waals surface area contributed by atoms with E-state index in [1.54, 1.807) is 0 Å². The van der Waals surface area contributed by atoms with Crippen LogP contribution in [0.15, 0.2) is 0 Å². The molecule has 11 heavy (non-hydrogen) atoms. The van der Waals surface area contributed by atoms with Gasteiger partial charge in [0.25, 0.3) is 0 Å². The fourth-order valence-corrected chi connectivity index (χ4v) is 0.178. The molecule has 62 valence electrons. The smallest absolute Gasteiger partial charge is 0.319 e. The van der Waals surface area contributed by atoms with E-state index in [0.29, 0.717) is 0 Å². The fraction of sp³-hybridized carbons (Fsp3) is 0.400. The van der Waals surface area contributed by atoms with E-state index >= 15 is 0 Å². The van der Waals surface area contributed by atoms with E-state index in [4.69, 9.17) is 5.73 Å². The summed E-state index contributed by atoms with van der Waals surface area (Å²) in [5, 5.41) is 0. The summed E-state index contributed by atoms with van der Waals surface area (Å²) in [7, 11) is 0. The van der Waals surface area contributed by atoms with Gasteiger partial charge in [-0.1, -0.05) is 0 Å². The maximum Gasteiger partial charge on any atom is 0.418 e. The second kappa shape index (κ2) is 4.40. The van der Waals surface area contributed by atoms with Gasteiger partial charge >= 0.3 is 11.9 Å². The first kappa shape index (κ1) is 9.57. The summed E-state index contributed by atoms with van der Waals surface area (Å²) in [6, 6.07) is -0.894. The van der Waals surface area contributed by atoms with E-state index in [2.05, 4.69) is 9.78 Å². The van der Waals surface area contributed by atoms with E-state index in [9.17, 15) is 14.4 Å². The molecule has 6 heteroatoms. The minimum absolute atomic E-state index is 0.130. The second-order valence-electron chi connectivity index (χ2n) is 1.71. The van der Waals surface area contributed by atoms with Crippen LogP contribution in [0.4, 0.5) is 0 Å². The van der Waals surface area contributed by atoms with Gasteiger partial charge in [-0.3, -0.25) is 4.79 Å². The molecule has 0 aromatic carbocycles. The lowest BCUT2D eigenvalue weighted by Crippen LogP contribution is -2.29. The summed E-state index contributed by atoms with van der Waals surface area (Å²) < 4.78 is 0. The Labute approximate surface area is 62.2 Å². The molecule has 0 heterocycles. The molecule has 0 aliphatic carbocycles. The minimum atomic E-state index is -1.28. The zero-order chi connectivity index (χ0) is 8.85. The Balaban J connectivity index is 3.62. The lowest BCUT2D eigenvalue weighted by molar-refractivity contribution is -0.256. The molecule has 0 amide bonds. The van der Waals surface area contributed by atoms with Crippen molar-refractivity contribution < 1.29 is 24.2 Å². The zero-order valence-electron chi connectivity index (χ0n) is 5.77. The van der Waals surface area contributed by atoms with Crippen LogP contribution < -0.4 is 5.73 Å². The number of rotatable bonds is 2. The van der Waals surface area contributed by atoms with Crippen molar-refractivity contribution in [3.63, 3.8) is 0 Å². The number of nitrogens with two attached hydrogens (primary N) is 1. The normalized spacial score (nSPS) is 11.5. The molecule has 0 spiro atoms. The standard InChI is InChI=1S/C5H7NO5/c1-3(6)5(9)11-10-4(8)2-7/h2-3H,6H2,1H3/t3-/m0/s1. The van der Waals surface area contributed by atoms with Gasteiger partial charge in [0.05, 0.1) is 0 Å². The molecule has 0 fully saturated rings. The van der Waals surface area contributed by atoms with Gasteiger partial charge in [0.1, 0.15) is 6.04 Å². The van der Waals surface area contributed by atoms with Crippen molar-refractivity contribution in [3.05, 3.63) is 0 Å². The van der Waals surface area contributed by atoms with Crippen molar-refractivity contribution in [2.75, 3.05) is 0 Å². The Morgan fingerprint density at radius 2 is 2.00 bits per heavy atom. The van der Waals surface area contributed by atoms with Crippen molar-refractivity contribution in [2.45, 2.75) is 13.0 Å². The Morgan fingerprint density at radius 3 is 2.36 bits per heavy atom. The molecule has 0 aromatic rings. The Bertz CT molecular complexity index is 176. The van der Waals surface area contributed by atoms with E-state index in [-0.39, 0.29) is 6.29 Å². The second-order valence-corrected chi connectivity index (χ2v) is 1.71. The van der Waals surface area contributed by atoms with E-state index in [1.807, 2.05) is 0 Å². The van der Waals surface area contributed by atoms with Gasteiger partial charge in [-0.05, 0) is 6.92 Å². The van der Waals surface area contributed by atoms with Gasteiger partial charge in [0.2, 0.25) is 6.29 Å². The topological polar surface area (TPSA) is 95.7 Å². The summed E-state index contributed by atoms with van der Waals surface area (Å²) in [5.41, 5.74) is 5.01. The Kier molecular flexibility index (Phi) is 3.82.